The molecule has 0 radical (unpaired) electrons. The first-order valence-corrected chi connectivity index (χ1v) is 8.98. The van der Waals surface area contributed by atoms with Crippen LogP contribution in [0.2, 0.25) is 0 Å². The minimum atomic E-state index is -0.260. The summed E-state index contributed by atoms with van der Waals surface area (Å²) in [6.07, 6.45) is 3.83. The van der Waals surface area contributed by atoms with Crippen LogP contribution in [0.5, 0.6) is 11.5 Å². The van der Waals surface area contributed by atoms with Crippen molar-refractivity contribution in [3.05, 3.63) is 23.3 Å². The van der Waals surface area contributed by atoms with Gasteiger partial charge in [-0.1, -0.05) is 0 Å². The quantitative estimate of drug-likeness (QED) is 0.731. The van der Waals surface area contributed by atoms with Crippen LogP contribution in [0.15, 0.2) is 12.1 Å². The zero-order chi connectivity index (χ0) is 17.2. The van der Waals surface area contributed by atoms with Crippen LogP contribution in [0.1, 0.15) is 49.7 Å². The van der Waals surface area contributed by atoms with Crippen molar-refractivity contribution in [1.29, 1.82) is 0 Å². The highest BCUT2D eigenvalue weighted by Gasteiger charge is 2.59. The summed E-state index contributed by atoms with van der Waals surface area (Å²) in [6.45, 7) is 2.46. The third-order valence-electron chi connectivity index (χ3n) is 6.27. The summed E-state index contributed by atoms with van der Waals surface area (Å²) in [4.78, 5) is 26.7. The smallest absolute Gasteiger partial charge is 0.302 e. The molecular formula is C19H21NO5. The van der Waals surface area contributed by atoms with E-state index < -0.39 is 0 Å². The van der Waals surface area contributed by atoms with Crippen LogP contribution >= 0.6 is 0 Å². The van der Waals surface area contributed by atoms with Crippen molar-refractivity contribution in [2.75, 3.05) is 13.3 Å². The van der Waals surface area contributed by atoms with E-state index in [9.17, 15) is 9.59 Å². The Kier molecular flexibility index (Phi) is 3.09. The molecule has 3 heterocycles. The Morgan fingerprint density at radius 3 is 2.88 bits per heavy atom. The van der Waals surface area contributed by atoms with Gasteiger partial charge < -0.3 is 19.1 Å². The van der Waals surface area contributed by atoms with Gasteiger partial charge in [0.1, 0.15) is 6.10 Å². The molecule has 0 N–H and O–H groups in total. The van der Waals surface area contributed by atoms with E-state index in [0.29, 0.717) is 12.2 Å². The van der Waals surface area contributed by atoms with Crippen molar-refractivity contribution < 1.29 is 23.8 Å². The van der Waals surface area contributed by atoms with Gasteiger partial charge in [-0.15, -0.1) is 0 Å². The van der Waals surface area contributed by atoms with E-state index in [-0.39, 0.29) is 36.2 Å². The predicted octanol–water partition coefficient (Wildman–Crippen LogP) is 2.14. The van der Waals surface area contributed by atoms with Gasteiger partial charge >= 0.3 is 5.97 Å². The minimum absolute atomic E-state index is 0.00912. The second kappa shape index (κ2) is 5.13. The highest BCUT2D eigenvalue weighted by atomic mass is 16.7. The lowest BCUT2D eigenvalue weighted by Crippen LogP contribution is -2.49. The van der Waals surface area contributed by atoms with E-state index in [4.69, 9.17) is 14.2 Å². The molecule has 4 aliphatic rings. The average Bonchev–Trinajstić information content (AvgIpc) is 3.25. The largest absolute Gasteiger partial charge is 0.462 e. The van der Waals surface area contributed by atoms with Crippen LogP contribution in [0.4, 0.5) is 0 Å². The first-order chi connectivity index (χ1) is 12.1. The molecule has 0 bridgehead atoms. The fraction of sp³-hybridized carbons (Fsp3) is 0.579. The number of esters is 1. The van der Waals surface area contributed by atoms with Crippen LogP contribution in [-0.4, -0.2) is 41.8 Å². The molecule has 25 heavy (non-hydrogen) atoms. The molecule has 5 rings (SSSR count). The number of amides is 1. The molecule has 6 heteroatoms. The van der Waals surface area contributed by atoms with Gasteiger partial charge in [0.2, 0.25) is 12.7 Å². The molecule has 6 nitrogen and oxygen atoms in total. The molecule has 1 amide bonds. The van der Waals surface area contributed by atoms with Crippen molar-refractivity contribution in [2.45, 2.75) is 56.6 Å². The van der Waals surface area contributed by atoms with Crippen molar-refractivity contribution in [2.24, 2.45) is 0 Å². The van der Waals surface area contributed by atoms with Crippen molar-refractivity contribution >= 4 is 11.9 Å². The fourth-order valence-corrected chi connectivity index (χ4v) is 5.45. The summed E-state index contributed by atoms with van der Waals surface area (Å²) < 4.78 is 16.8. The Morgan fingerprint density at radius 1 is 1.28 bits per heavy atom. The monoisotopic (exact) mass is 343 g/mol. The Labute approximate surface area is 146 Å². The van der Waals surface area contributed by atoms with Crippen LogP contribution in [0.25, 0.3) is 0 Å². The molecule has 3 atom stereocenters. The second-order valence-electron chi connectivity index (χ2n) is 7.50. The third kappa shape index (κ3) is 2.03. The first-order valence-electron chi connectivity index (χ1n) is 8.98. The molecular weight excluding hydrogens is 322 g/mol. The van der Waals surface area contributed by atoms with Gasteiger partial charge in [-0.2, -0.15) is 0 Å². The summed E-state index contributed by atoms with van der Waals surface area (Å²) >= 11 is 0. The van der Waals surface area contributed by atoms with E-state index in [0.717, 1.165) is 49.1 Å². The topological polar surface area (TPSA) is 65.1 Å². The average molecular weight is 343 g/mol. The van der Waals surface area contributed by atoms with Gasteiger partial charge in [-0.3, -0.25) is 9.59 Å². The number of rotatable bonds is 1. The van der Waals surface area contributed by atoms with E-state index in [1.165, 1.54) is 6.92 Å². The Bertz CT molecular complexity index is 775. The summed E-state index contributed by atoms with van der Waals surface area (Å²) in [7, 11) is 0. The van der Waals surface area contributed by atoms with Crippen molar-refractivity contribution in [3.8, 4) is 11.5 Å². The maximum atomic E-state index is 13.0. The molecule has 132 valence electrons. The lowest BCUT2D eigenvalue weighted by atomic mass is 9.78. The van der Waals surface area contributed by atoms with E-state index in [2.05, 4.69) is 4.90 Å². The van der Waals surface area contributed by atoms with Crippen LogP contribution in [0.3, 0.4) is 0 Å². The van der Waals surface area contributed by atoms with Gasteiger partial charge in [0.15, 0.2) is 11.5 Å². The number of fused-ring (bicyclic) bond motifs is 3. The molecule has 1 saturated carbocycles. The van der Waals surface area contributed by atoms with Crippen LogP contribution < -0.4 is 9.47 Å². The second-order valence-corrected chi connectivity index (χ2v) is 7.50. The highest BCUT2D eigenvalue weighted by Crippen LogP contribution is 2.56. The van der Waals surface area contributed by atoms with Crippen molar-refractivity contribution in [3.63, 3.8) is 0 Å². The number of hydrogen-bond donors (Lipinski definition) is 0. The summed E-state index contributed by atoms with van der Waals surface area (Å²) in [6, 6.07) is 3.95. The molecule has 0 unspecified atom stereocenters. The van der Waals surface area contributed by atoms with Gasteiger partial charge in [0.25, 0.3) is 0 Å². The lowest BCUT2D eigenvalue weighted by Gasteiger charge is -2.40. The number of hydrogen-bond acceptors (Lipinski definition) is 5. The molecule has 0 aromatic heterocycles. The molecule has 1 aliphatic carbocycles. The highest BCUT2D eigenvalue weighted by molar-refractivity contribution is 5.82. The molecule has 1 aromatic carbocycles. The SMILES string of the molecule is CC(=O)O[C@H]1CC[C@]23CCCN2C(=O)Cc2cc4c(cc2[C@@H]13)OCO4. The van der Waals surface area contributed by atoms with Crippen LogP contribution in [-0.2, 0) is 20.7 Å². The van der Waals surface area contributed by atoms with Gasteiger partial charge in [0.05, 0.1) is 12.0 Å². The lowest BCUT2D eigenvalue weighted by molar-refractivity contribution is -0.147. The molecule has 2 fully saturated rings. The van der Waals surface area contributed by atoms with Gasteiger partial charge in [0, 0.05) is 19.4 Å². The number of carbonyl (C=O) groups is 2. The fourth-order valence-electron chi connectivity index (χ4n) is 5.45. The van der Waals surface area contributed by atoms with Crippen molar-refractivity contribution in [1.82, 2.24) is 4.90 Å². The summed E-state index contributed by atoms with van der Waals surface area (Å²) in [5, 5.41) is 0. The number of carbonyl (C=O) groups excluding carboxylic acids is 2. The first kappa shape index (κ1) is 15.0. The minimum Gasteiger partial charge on any atom is -0.462 e. The molecule has 3 aliphatic heterocycles. The standard InChI is InChI=1S/C19H21NO5/c1-11(21)25-14-3-5-19-4-2-6-20(19)17(22)8-12-7-15-16(24-10-23-15)9-13(12)18(14)19/h7,9,14,18H,2-6,8,10H2,1H3/t14-,18-,19-/m0/s1. The zero-order valence-electron chi connectivity index (χ0n) is 14.2. The van der Waals surface area contributed by atoms with Gasteiger partial charge in [-0.05, 0) is 48.9 Å². The molecule has 1 saturated heterocycles. The number of benzene rings is 1. The molecule has 1 spiro atoms. The Hall–Kier alpha value is -2.24. The summed E-state index contributed by atoms with van der Waals surface area (Å²) in [5.41, 5.74) is 1.84. The Balaban J connectivity index is 1.69. The van der Waals surface area contributed by atoms with Gasteiger partial charge in [-0.25, -0.2) is 0 Å². The number of ether oxygens (including phenoxy) is 3. The molecule has 1 aromatic rings. The maximum absolute atomic E-state index is 13.0. The zero-order valence-corrected chi connectivity index (χ0v) is 14.2. The third-order valence-corrected chi connectivity index (χ3v) is 6.27. The van der Waals surface area contributed by atoms with E-state index in [1.54, 1.807) is 0 Å². The van der Waals surface area contributed by atoms with E-state index >= 15 is 0 Å². The predicted molar refractivity (Wildman–Crippen MR) is 87.5 cm³/mol. The number of nitrogens with zero attached hydrogens (tertiary/aromatic N) is 1. The van der Waals surface area contributed by atoms with E-state index in [1.807, 2.05) is 12.1 Å². The maximum Gasteiger partial charge on any atom is 0.302 e. The normalized spacial score (nSPS) is 32.0. The summed E-state index contributed by atoms with van der Waals surface area (Å²) in [5.74, 6) is 1.34. The van der Waals surface area contributed by atoms with Crippen LogP contribution in [0, 0.1) is 0 Å². The Morgan fingerprint density at radius 2 is 2.08 bits per heavy atom.